The Hall–Kier alpha value is -3.79. The number of nitrogens with one attached hydrogen (secondary N) is 1. The zero-order chi connectivity index (χ0) is 28.3. The number of carbonyl (C=O) groups excluding carboxylic acids is 2. The summed E-state index contributed by atoms with van der Waals surface area (Å²) in [7, 11) is 0. The molecule has 9 nitrogen and oxygen atoms in total. The van der Waals surface area contributed by atoms with Crippen molar-refractivity contribution in [3.63, 3.8) is 0 Å². The Bertz CT molecular complexity index is 1500. The van der Waals surface area contributed by atoms with E-state index in [0.29, 0.717) is 48.2 Å². The van der Waals surface area contributed by atoms with Gasteiger partial charge in [0, 0.05) is 23.5 Å². The van der Waals surface area contributed by atoms with Crippen molar-refractivity contribution in [1.82, 2.24) is 14.9 Å². The van der Waals surface area contributed by atoms with Crippen molar-refractivity contribution in [3.8, 4) is 5.75 Å². The second-order valence-electron chi connectivity index (χ2n) is 11.6. The van der Waals surface area contributed by atoms with Gasteiger partial charge in [0.25, 0.3) is 0 Å². The fourth-order valence-electron chi connectivity index (χ4n) is 5.37. The molecule has 0 unspecified atom stereocenters. The third kappa shape index (κ3) is 4.64. The smallest absolute Gasteiger partial charge is 0.340 e. The molecule has 1 aromatic carbocycles. The summed E-state index contributed by atoms with van der Waals surface area (Å²) >= 11 is 0. The molecule has 6 rings (SSSR count). The van der Waals surface area contributed by atoms with E-state index >= 15 is 0 Å². The number of benzene rings is 1. The summed E-state index contributed by atoms with van der Waals surface area (Å²) in [4.78, 5) is 35.8. The number of nitrogens with two attached hydrogens (primary N) is 1. The number of halogens is 1. The van der Waals surface area contributed by atoms with Crippen molar-refractivity contribution < 1.29 is 23.5 Å². The molecule has 2 fully saturated rings. The van der Waals surface area contributed by atoms with Crippen LogP contribution in [0.25, 0.3) is 10.8 Å². The van der Waals surface area contributed by atoms with Gasteiger partial charge in [0.05, 0.1) is 30.3 Å². The molecule has 4 heterocycles. The largest absolute Gasteiger partial charge is 0.486 e. The standard InChI is InChI=1S/C30H34FN5O4/c1-5-23(32)17-6-8-24(39-16-13-36(14-16)28(37)20-10-22(20)31)21-12-33-26(11-19(17)21)34-25-9-7-18-27(35-25)15(2)30(3,4)40-29(18)38/h6-9,11-12,15-16,20,22-23H,5,10,13-14,32H2,1-4H3,(H,33,34,35)/t15-,20-,22+,23-/m1/s1. The van der Waals surface area contributed by atoms with Crippen LogP contribution in [0.1, 0.15) is 74.1 Å². The van der Waals surface area contributed by atoms with Gasteiger partial charge in [-0.25, -0.2) is 19.2 Å². The zero-order valence-corrected chi connectivity index (χ0v) is 23.1. The molecule has 1 saturated heterocycles. The Balaban J connectivity index is 1.26. The minimum Gasteiger partial charge on any atom is -0.486 e. The molecule has 1 amide bonds. The van der Waals surface area contributed by atoms with Crippen LogP contribution in [0.4, 0.5) is 16.0 Å². The maximum absolute atomic E-state index is 13.3. The number of nitrogens with zero attached hydrogens (tertiary/aromatic N) is 3. The predicted molar refractivity (Wildman–Crippen MR) is 148 cm³/mol. The van der Waals surface area contributed by atoms with Crippen molar-refractivity contribution in [2.45, 2.75) is 70.4 Å². The summed E-state index contributed by atoms with van der Waals surface area (Å²) in [6.07, 6.45) is 1.68. The molecule has 1 aliphatic carbocycles. The number of esters is 1. The minimum absolute atomic E-state index is 0.0826. The van der Waals surface area contributed by atoms with E-state index in [1.54, 1.807) is 23.2 Å². The molecule has 210 valence electrons. The molecular weight excluding hydrogens is 513 g/mol. The van der Waals surface area contributed by atoms with Crippen molar-refractivity contribution >= 4 is 34.3 Å². The first kappa shape index (κ1) is 26.4. The number of ether oxygens (including phenoxy) is 2. The molecule has 0 bridgehead atoms. The third-order valence-electron chi connectivity index (χ3n) is 8.43. The van der Waals surface area contributed by atoms with Gasteiger partial charge in [-0.3, -0.25) is 4.79 Å². The normalized spacial score (nSPS) is 24.1. The lowest BCUT2D eigenvalue weighted by atomic mass is 9.84. The number of fused-ring (bicyclic) bond motifs is 2. The molecule has 1 saturated carbocycles. The van der Waals surface area contributed by atoms with Crippen LogP contribution in [0.15, 0.2) is 36.5 Å². The van der Waals surface area contributed by atoms with Gasteiger partial charge in [-0.1, -0.05) is 19.9 Å². The maximum Gasteiger partial charge on any atom is 0.340 e. The van der Waals surface area contributed by atoms with Crippen LogP contribution < -0.4 is 15.8 Å². The third-order valence-corrected chi connectivity index (χ3v) is 8.43. The maximum atomic E-state index is 13.3. The first-order valence-corrected chi connectivity index (χ1v) is 13.8. The number of hydrogen-bond acceptors (Lipinski definition) is 8. The zero-order valence-electron chi connectivity index (χ0n) is 23.1. The van der Waals surface area contributed by atoms with Gasteiger partial charge in [0.1, 0.15) is 35.3 Å². The van der Waals surface area contributed by atoms with E-state index in [-0.39, 0.29) is 29.9 Å². The SMILES string of the molecule is CC[C@@H](N)c1ccc(OC2CN(C(=O)[C@@H]3C[C@@H]3F)C2)c2cnc(Nc3ccc4c(n3)[C@@H](C)C(C)(C)OC4=O)cc12. The van der Waals surface area contributed by atoms with Gasteiger partial charge in [-0.05, 0) is 61.9 Å². The summed E-state index contributed by atoms with van der Waals surface area (Å²) in [6, 6.07) is 9.10. The van der Waals surface area contributed by atoms with Crippen molar-refractivity contribution in [2.24, 2.45) is 11.7 Å². The van der Waals surface area contributed by atoms with Crippen molar-refractivity contribution in [1.29, 1.82) is 0 Å². The summed E-state index contributed by atoms with van der Waals surface area (Å²) in [5.41, 5.74) is 7.94. The van der Waals surface area contributed by atoms with Crippen LogP contribution in [-0.2, 0) is 9.53 Å². The number of aromatic nitrogens is 2. The van der Waals surface area contributed by atoms with E-state index < -0.39 is 17.7 Å². The Morgan fingerprint density at radius 3 is 2.70 bits per heavy atom. The molecule has 40 heavy (non-hydrogen) atoms. The molecule has 10 heteroatoms. The molecule has 3 N–H and O–H groups in total. The number of alkyl halides is 1. The number of likely N-dealkylation sites (tertiary alicyclic amines) is 1. The van der Waals surface area contributed by atoms with E-state index in [2.05, 4.69) is 10.3 Å². The van der Waals surface area contributed by atoms with Gasteiger partial charge in [-0.15, -0.1) is 0 Å². The Kier molecular flexibility index (Phi) is 6.40. The fraction of sp³-hybridized carbons (Fsp3) is 0.467. The summed E-state index contributed by atoms with van der Waals surface area (Å²) in [5, 5.41) is 5.01. The summed E-state index contributed by atoms with van der Waals surface area (Å²) in [6.45, 7) is 8.69. The van der Waals surface area contributed by atoms with Crippen LogP contribution in [0, 0.1) is 5.92 Å². The van der Waals surface area contributed by atoms with E-state index in [9.17, 15) is 14.0 Å². The summed E-state index contributed by atoms with van der Waals surface area (Å²) < 4.78 is 25.1. The summed E-state index contributed by atoms with van der Waals surface area (Å²) in [5.74, 6) is 0.768. The topological polar surface area (TPSA) is 120 Å². The van der Waals surface area contributed by atoms with Crippen molar-refractivity contribution in [2.75, 3.05) is 18.4 Å². The number of hydrogen-bond donors (Lipinski definition) is 2. The van der Waals surface area contributed by atoms with Crippen LogP contribution in [-0.4, -0.2) is 57.7 Å². The predicted octanol–water partition coefficient (Wildman–Crippen LogP) is 4.78. The van der Waals surface area contributed by atoms with Crippen LogP contribution >= 0.6 is 0 Å². The monoisotopic (exact) mass is 547 g/mol. The van der Waals surface area contributed by atoms with E-state index in [1.165, 1.54) is 0 Å². The number of cyclic esters (lactones) is 1. The second kappa shape index (κ2) is 9.69. The highest BCUT2D eigenvalue weighted by molar-refractivity contribution is 5.94. The highest BCUT2D eigenvalue weighted by atomic mass is 19.1. The Morgan fingerprint density at radius 2 is 2.00 bits per heavy atom. The molecule has 3 aliphatic rings. The minimum atomic E-state index is -0.996. The van der Waals surface area contributed by atoms with Crippen LogP contribution in [0.3, 0.4) is 0 Å². The molecule has 0 spiro atoms. The second-order valence-corrected chi connectivity index (χ2v) is 11.6. The van der Waals surface area contributed by atoms with E-state index in [4.69, 9.17) is 20.2 Å². The highest BCUT2D eigenvalue weighted by Crippen LogP contribution is 2.40. The van der Waals surface area contributed by atoms with E-state index in [1.807, 2.05) is 45.9 Å². The average molecular weight is 548 g/mol. The van der Waals surface area contributed by atoms with Gasteiger partial charge in [0.15, 0.2) is 0 Å². The molecule has 2 aromatic heterocycles. The van der Waals surface area contributed by atoms with Crippen LogP contribution in [0.2, 0.25) is 0 Å². The highest BCUT2D eigenvalue weighted by Gasteiger charge is 2.48. The number of pyridine rings is 2. The number of carbonyl (C=O) groups is 2. The Labute approximate surface area is 232 Å². The molecule has 2 aliphatic heterocycles. The first-order valence-electron chi connectivity index (χ1n) is 13.8. The number of anilines is 2. The fourth-order valence-corrected chi connectivity index (χ4v) is 5.37. The van der Waals surface area contributed by atoms with Gasteiger partial charge in [-0.2, -0.15) is 0 Å². The lowest BCUT2D eigenvalue weighted by Crippen LogP contribution is -2.56. The van der Waals surface area contributed by atoms with Gasteiger partial charge >= 0.3 is 5.97 Å². The molecular formula is C30H34FN5O4. The molecule has 3 aromatic rings. The lowest BCUT2D eigenvalue weighted by Gasteiger charge is -2.39. The quantitative estimate of drug-likeness (QED) is 0.406. The van der Waals surface area contributed by atoms with Crippen LogP contribution in [0.5, 0.6) is 5.75 Å². The average Bonchev–Trinajstić information content (AvgIpc) is 3.64. The van der Waals surface area contributed by atoms with E-state index in [0.717, 1.165) is 22.8 Å². The lowest BCUT2D eigenvalue weighted by molar-refractivity contribution is -0.141. The van der Waals surface area contributed by atoms with Gasteiger partial charge in [0.2, 0.25) is 5.91 Å². The Morgan fingerprint density at radius 1 is 1.25 bits per heavy atom. The molecule has 0 radical (unpaired) electrons. The number of rotatable bonds is 7. The molecule has 4 atom stereocenters. The first-order chi connectivity index (χ1) is 19.1. The van der Waals surface area contributed by atoms with Crippen molar-refractivity contribution in [3.05, 3.63) is 53.3 Å². The number of amides is 1. The van der Waals surface area contributed by atoms with Gasteiger partial charge < -0.3 is 25.4 Å².